The first-order chi connectivity index (χ1) is 16.8. The molecule has 0 bridgehead atoms. The van der Waals surface area contributed by atoms with Gasteiger partial charge in [-0.2, -0.15) is 0 Å². The van der Waals surface area contributed by atoms with Gasteiger partial charge < -0.3 is 15.0 Å². The Hall–Kier alpha value is -2.49. The number of rotatable bonds is 12. The van der Waals surface area contributed by atoms with E-state index in [9.17, 15) is 18.0 Å². The zero-order valence-electron chi connectivity index (χ0n) is 21.1. The van der Waals surface area contributed by atoms with Crippen LogP contribution >= 0.6 is 23.2 Å². The maximum Gasteiger partial charge on any atom is 0.244 e. The largest absolute Gasteiger partial charge is 0.497 e. The fourth-order valence-electron chi connectivity index (χ4n) is 3.57. The maximum absolute atomic E-state index is 13.7. The van der Waals surface area contributed by atoms with Gasteiger partial charge in [0, 0.05) is 23.1 Å². The summed E-state index contributed by atoms with van der Waals surface area (Å²) in [5.41, 5.74) is 0.918. The molecule has 2 aromatic rings. The number of methoxy groups -OCH3 is 1. The molecule has 0 radical (unpaired) electrons. The molecule has 0 fully saturated rings. The van der Waals surface area contributed by atoms with Gasteiger partial charge in [0.25, 0.3) is 0 Å². The van der Waals surface area contributed by atoms with E-state index in [1.54, 1.807) is 38.3 Å². The first-order valence-electron chi connectivity index (χ1n) is 11.5. The highest BCUT2D eigenvalue weighted by Gasteiger charge is 2.32. The van der Waals surface area contributed by atoms with Crippen molar-refractivity contribution in [1.82, 2.24) is 10.2 Å². The van der Waals surface area contributed by atoms with E-state index in [1.807, 2.05) is 13.8 Å². The molecule has 198 valence electrons. The topological polar surface area (TPSA) is 96.0 Å². The van der Waals surface area contributed by atoms with E-state index >= 15 is 0 Å². The molecular formula is C25H33Cl2N3O5S. The molecule has 0 aromatic heterocycles. The molecule has 0 saturated carbocycles. The van der Waals surface area contributed by atoms with Crippen LogP contribution in [0, 0.1) is 5.92 Å². The van der Waals surface area contributed by atoms with E-state index in [2.05, 4.69) is 5.32 Å². The zero-order chi connectivity index (χ0) is 27.0. The summed E-state index contributed by atoms with van der Waals surface area (Å²) in [5, 5.41) is 3.34. The van der Waals surface area contributed by atoms with Crippen molar-refractivity contribution in [1.29, 1.82) is 0 Å². The van der Waals surface area contributed by atoms with E-state index < -0.39 is 28.5 Å². The Balaban J connectivity index is 2.44. The molecule has 0 saturated heterocycles. The van der Waals surface area contributed by atoms with Gasteiger partial charge in [-0.1, -0.05) is 56.1 Å². The van der Waals surface area contributed by atoms with Crippen molar-refractivity contribution in [3.63, 3.8) is 0 Å². The predicted molar refractivity (Wildman–Crippen MR) is 144 cm³/mol. The number of carbonyl (C=O) groups excluding carboxylic acids is 2. The summed E-state index contributed by atoms with van der Waals surface area (Å²) in [7, 11) is -2.33. The summed E-state index contributed by atoms with van der Waals surface area (Å²) in [4.78, 5) is 28.1. The Morgan fingerprint density at radius 1 is 1.06 bits per heavy atom. The Bertz CT molecular complexity index is 1140. The van der Waals surface area contributed by atoms with Crippen LogP contribution in [-0.2, 0) is 26.2 Å². The molecule has 2 amide bonds. The Morgan fingerprint density at radius 3 is 2.11 bits per heavy atom. The third kappa shape index (κ3) is 8.57. The number of nitrogens with one attached hydrogen (secondary N) is 1. The molecule has 1 unspecified atom stereocenters. The van der Waals surface area contributed by atoms with E-state index in [1.165, 1.54) is 23.1 Å². The third-order valence-corrected chi connectivity index (χ3v) is 6.97. The summed E-state index contributed by atoms with van der Waals surface area (Å²) in [6, 6.07) is 10.6. The van der Waals surface area contributed by atoms with Crippen molar-refractivity contribution < 1.29 is 22.7 Å². The number of hydrogen-bond acceptors (Lipinski definition) is 5. The highest BCUT2D eigenvalue weighted by Crippen LogP contribution is 2.27. The van der Waals surface area contributed by atoms with Crippen molar-refractivity contribution in [3.05, 3.63) is 58.1 Å². The molecule has 11 heteroatoms. The van der Waals surface area contributed by atoms with E-state index in [0.717, 1.165) is 16.1 Å². The van der Waals surface area contributed by atoms with Crippen molar-refractivity contribution in [2.75, 3.05) is 30.8 Å². The highest BCUT2D eigenvalue weighted by molar-refractivity contribution is 7.92. The van der Waals surface area contributed by atoms with Crippen LogP contribution in [0.4, 0.5) is 5.69 Å². The Labute approximate surface area is 223 Å². The molecule has 36 heavy (non-hydrogen) atoms. The SMILES string of the molecule is CCC(C(=O)NCC(C)C)N(Cc1ccc(OC)cc1)C(=O)CN(c1cc(Cl)cc(Cl)c1)S(C)(=O)=O. The second kappa shape index (κ2) is 13.2. The van der Waals surface area contributed by atoms with Crippen molar-refractivity contribution in [2.24, 2.45) is 5.92 Å². The molecule has 2 rings (SSSR count). The number of carbonyl (C=O) groups is 2. The molecule has 2 aromatic carbocycles. The van der Waals surface area contributed by atoms with Gasteiger partial charge >= 0.3 is 0 Å². The third-order valence-electron chi connectivity index (χ3n) is 5.40. The van der Waals surface area contributed by atoms with Gasteiger partial charge in [-0.3, -0.25) is 13.9 Å². The van der Waals surface area contributed by atoms with Crippen LogP contribution in [0.15, 0.2) is 42.5 Å². The lowest BCUT2D eigenvalue weighted by molar-refractivity contribution is -0.140. The van der Waals surface area contributed by atoms with Gasteiger partial charge in [-0.05, 0) is 48.2 Å². The number of hydrogen-bond donors (Lipinski definition) is 1. The van der Waals surface area contributed by atoms with Gasteiger partial charge in [0.15, 0.2) is 0 Å². The molecule has 0 heterocycles. The summed E-state index contributed by atoms with van der Waals surface area (Å²) in [6.07, 6.45) is 1.34. The molecule has 0 aliphatic heterocycles. The number of halogens is 2. The van der Waals surface area contributed by atoms with E-state index in [4.69, 9.17) is 27.9 Å². The van der Waals surface area contributed by atoms with Crippen LogP contribution < -0.4 is 14.4 Å². The molecule has 0 aliphatic rings. The minimum atomic E-state index is -3.88. The van der Waals surface area contributed by atoms with Gasteiger partial charge in [-0.25, -0.2) is 8.42 Å². The number of anilines is 1. The van der Waals surface area contributed by atoms with Crippen LogP contribution in [0.1, 0.15) is 32.8 Å². The molecule has 1 N–H and O–H groups in total. The molecule has 8 nitrogen and oxygen atoms in total. The van der Waals surface area contributed by atoms with Crippen LogP contribution in [0.3, 0.4) is 0 Å². The van der Waals surface area contributed by atoms with Crippen molar-refractivity contribution >= 4 is 50.7 Å². The Kier molecular flexibility index (Phi) is 10.9. The van der Waals surface area contributed by atoms with E-state index in [-0.39, 0.29) is 34.1 Å². The van der Waals surface area contributed by atoms with Gasteiger partial charge in [0.2, 0.25) is 21.8 Å². The fraction of sp³-hybridized carbons (Fsp3) is 0.440. The first kappa shape index (κ1) is 29.7. The monoisotopic (exact) mass is 557 g/mol. The highest BCUT2D eigenvalue weighted by atomic mass is 35.5. The fourth-order valence-corrected chi connectivity index (χ4v) is 4.91. The van der Waals surface area contributed by atoms with Crippen LogP contribution in [0.25, 0.3) is 0 Å². The van der Waals surface area contributed by atoms with Crippen LogP contribution in [0.5, 0.6) is 5.75 Å². The zero-order valence-corrected chi connectivity index (χ0v) is 23.5. The summed E-state index contributed by atoms with van der Waals surface area (Å²) in [6.45, 7) is 5.78. The number of benzene rings is 2. The number of ether oxygens (including phenoxy) is 1. The van der Waals surface area contributed by atoms with E-state index in [0.29, 0.717) is 18.7 Å². The molecule has 0 aliphatic carbocycles. The second-order valence-electron chi connectivity index (χ2n) is 8.83. The van der Waals surface area contributed by atoms with Gasteiger partial charge in [-0.15, -0.1) is 0 Å². The van der Waals surface area contributed by atoms with Crippen molar-refractivity contribution in [2.45, 2.75) is 39.8 Å². The lowest BCUT2D eigenvalue weighted by Crippen LogP contribution is -2.52. The standard InChI is InChI=1S/C25H33Cl2N3O5S/c1-6-23(25(32)28-14-17(2)3)29(15-18-7-9-22(35-4)10-8-18)24(31)16-30(36(5,33)34)21-12-19(26)11-20(27)13-21/h7-13,17,23H,6,14-16H2,1-5H3,(H,28,32). The number of nitrogens with zero attached hydrogens (tertiary/aromatic N) is 2. The normalized spacial score (nSPS) is 12.2. The minimum absolute atomic E-state index is 0.102. The number of amides is 2. The predicted octanol–water partition coefficient (Wildman–Crippen LogP) is 4.35. The number of sulfonamides is 1. The molecule has 1 atom stereocenters. The average molecular weight is 559 g/mol. The lowest BCUT2D eigenvalue weighted by atomic mass is 10.1. The molecular weight excluding hydrogens is 525 g/mol. The smallest absolute Gasteiger partial charge is 0.244 e. The summed E-state index contributed by atoms with van der Waals surface area (Å²) < 4.78 is 31.5. The summed E-state index contributed by atoms with van der Waals surface area (Å²) >= 11 is 12.2. The van der Waals surface area contributed by atoms with Gasteiger partial charge in [0.05, 0.1) is 19.1 Å². The maximum atomic E-state index is 13.7. The molecule has 0 spiro atoms. The van der Waals surface area contributed by atoms with Crippen LogP contribution in [-0.4, -0.2) is 57.6 Å². The second-order valence-corrected chi connectivity index (χ2v) is 11.6. The quantitative estimate of drug-likeness (QED) is 0.418. The average Bonchev–Trinajstić information content (AvgIpc) is 2.79. The summed E-state index contributed by atoms with van der Waals surface area (Å²) in [5.74, 6) is 0.0357. The van der Waals surface area contributed by atoms with Crippen molar-refractivity contribution in [3.8, 4) is 5.75 Å². The lowest BCUT2D eigenvalue weighted by Gasteiger charge is -2.33. The van der Waals surface area contributed by atoms with Gasteiger partial charge in [0.1, 0.15) is 18.3 Å². The van der Waals surface area contributed by atoms with Crippen LogP contribution in [0.2, 0.25) is 10.0 Å². The minimum Gasteiger partial charge on any atom is -0.497 e. The first-order valence-corrected chi connectivity index (χ1v) is 14.1. The Morgan fingerprint density at radius 2 is 1.64 bits per heavy atom.